The van der Waals surface area contributed by atoms with Gasteiger partial charge in [0, 0.05) is 5.75 Å². The number of carbonyl (C=O) groups is 1. The molecular formula is C11H11F3O4S2. The number of carboxylic acid groups (broad SMARTS) is 1. The van der Waals surface area contributed by atoms with E-state index in [0.717, 1.165) is 6.07 Å². The third-order valence-corrected chi connectivity index (χ3v) is 5.12. The van der Waals surface area contributed by atoms with Crippen LogP contribution < -0.4 is 0 Å². The highest BCUT2D eigenvalue weighted by Gasteiger charge is 2.29. The summed E-state index contributed by atoms with van der Waals surface area (Å²) in [6.45, 7) is 1.50. The van der Waals surface area contributed by atoms with Crippen LogP contribution in [-0.2, 0) is 9.84 Å². The Morgan fingerprint density at radius 3 is 2.45 bits per heavy atom. The molecule has 1 N–H and O–H groups in total. The zero-order chi connectivity index (χ0) is 15.6. The Morgan fingerprint density at radius 1 is 1.35 bits per heavy atom. The van der Waals surface area contributed by atoms with Gasteiger partial charge in [-0.1, -0.05) is 6.07 Å². The topological polar surface area (TPSA) is 71.4 Å². The molecule has 1 aromatic carbocycles. The summed E-state index contributed by atoms with van der Waals surface area (Å²) in [5.74, 6) is -2.63. The third kappa shape index (κ3) is 4.71. The maximum atomic E-state index is 11.9. The minimum absolute atomic E-state index is 0.186. The fourth-order valence-corrected chi connectivity index (χ4v) is 3.66. The van der Waals surface area contributed by atoms with Crippen molar-refractivity contribution in [3.8, 4) is 0 Å². The number of alkyl halides is 3. The second-order valence-corrected chi connectivity index (χ2v) is 7.16. The van der Waals surface area contributed by atoms with Crippen molar-refractivity contribution < 1.29 is 31.5 Å². The highest BCUT2D eigenvalue weighted by molar-refractivity contribution is 8.01. The van der Waals surface area contributed by atoms with Gasteiger partial charge in [0.2, 0.25) is 0 Å². The zero-order valence-electron chi connectivity index (χ0n) is 10.3. The monoisotopic (exact) mass is 328 g/mol. The van der Waals surface area contributed by atoms with Gasteiger partial charge in [0.25, 0.3) is 0 Å². The number of aryl methyl sites for hydroxylation is 1. The summed E-state index contributed by atoms with van der Waals surface area (Å²) >= 11 is -0.427. The number of hydrogen-bond donors (Lipinski definition) is 1. The lowest BCUT2D eigenvalue weighted by Crippen LogP contribution is -2.13. The Kier molecular flexibility index (Phi) is 5.09. The van der Waals surface area contributed by atoms with Crippen LogP contribution in [0.5, 0.6) is 0 Å². The zero-order valence-corrected chi connectivity index (χ0v) is 11.9. The number of aromatic carboxylic acids is 1. The number of rotatable bonds is 5. The van der Waals surface area contributed by atoms with Gasteiger partial charge in [0.05, 0.1) is 16.2 Å². The van der Waals surface area contributed by atoms with Crippen LogP contribution in [0.4, 0.5) is 13.2 Å². The fraction of sp³-hybridized carbons (Fsp3) is 0.364. The van der Waals surface area contributed by atoms with Crippen molar-refractivity contribution in [2.45, 2.75) is 17.3 Å². The van der Waals surface area contributed by atoms with Crippen molar-refractivity contribution in [3.63, 3.8) is 0 Å². The molecule has 0 fully saturated rings. The number of halogens is 3. The molecule has 0 saturated heterocycles. The molecule has 0 saturated carbocycles. The van der Waals surface area contributed by atoms with Crippen molar-refractivity contribution in [1.82, 2.24) is 0 Å². The minimum atomic E-state index is -4.49. The second kappa shape index (κ2) is 6.04. The predicted molar refractivity (Wildman–Crippen MR) is 68.7 cm³/mol. The van der Waals surface area contributed by atoms with E-state index in [1.54, 1.807) is 0 Å². The molecule has 0 spiro atoms. The number of sulfone groups is 1. The molecule has 0 unspecified atom stereocenters. The molecule has 1 aromatic rings. The fourth-order valence-electron chi connectivity index (χ4n) is 1.41. The van der Waals surface area contributed by atoms with Gasteiger partial charge in [0.1, 0.15) is 0 Å². The lowest BCUT2D eigenvalue weighted by molar-refractivity contribution is -0.0326. The molecule has 112 valence electrons. The van der Waals surface area contributed by atoms with Gasteiger partial charge in [-0.3, -0.25) is 0 Å². The van der Waals surface area contributed by atoms with Crippen LogP contribution >= 0.6 is 11.8 Å². The van der Waals surface area contributed by atoms with E-state index < -0.39 is 44.6 Å². The first-order valence-corrected chi connectivity index (χ1v) is 7.94. The molecule has 9 heteroatoms. The highest BCUT2D eigenvalue weighted by Crippen LogP contribution is 2.30. The van der Waals surface area contributed by atoms with Crippen LogP contribution in [0.1, 0.15) is 15.9 Å². The normalized spacial score (nSPS) is 12.4. The Hall–Kier alpha value is -1.22. The molecule has 0 aliphatic carbocycles. The quantitative estimate of drug-likeness (QED) is 0.900. The van der Waals surface area contributed by atoms with Crippen LogP contribution in [0.3, 0.4) is 0 Å². The van der Waals surface area contributed by atoms with Crippen molar-refractivity contribution in [2.24, 2.45) is 0 Å². The van der Waals surface area contributed by atoms with Crippen molar-refractivity contribution in [3.05, 3.63) is 29.3 Å². The molecule has 0 bridgehead atoms. The number of benzene rings is 1. The standard InChI is InChI=1S/C11H11F3O4S2/c1-7-2-3-8(6-9(7)10(15)16)20(17,18)5-4-19-11(12,13)14/h2-3,6H,4-5H2,1H3,(H,15,16). The van der Waals surface area contributed by atoms with E-state index in [-0.39, 0.29) is 10.5 Å². The summed E-state index contributed by atoms with van der Waals surface area (Å²) in [6.07, 6.45) is 0. The molecule has 0 radical (unpaired) electrons. The summed E-state index contributed by atoms with van der Waals surface area (Å²) in [4.78, 5) is 10.6. The molecule has 0 amide bonds. The number of thioether (sulfide) groups is 1. The van der Waals surface area contributed by atoms with Gasteiger partial charge in [-0.05, 0) is 36.4 Å². The molecule has 0 atom stereocenters. The molecule has 0 heterocycles. The average molecular weight is 328 g/mol. The van der Waals surface area contributed by atoms with E-state index in [9.17, 15) is 26.4 Å². The summed E-state index contributed by atoms with van der Waals surface area (Å²) in [5, 5.41) is 8.89. The van der Waals surface area contributed by atoms with Crippen LogP contribution in [0, 0.1) is 6.92 Å². The average Bonchev–Trinajstić information content (AvgIpc) is 2.26. The summed E-state index contributed by atoms with van der Waals surface area (Å²) in [6, 6.07) is 3.47. The Bertz CT molecular complexity index is 609. The van der Waals surface area contributed by atoms with Crippen LogP contribution in [-0.4, -0.2) is 36.5 Å². The van der Waals surface area contributed by atoms with E-state index in [2.05, 4.69) is 0 Å². The molecular weight excluding hydrogens is 317 g/mol. The highest BCUT2D eigenvalue weighted by atomic mass is 32.2. The molecule has 0 aliphatic heterocycles. The van der Waals surface area contributed by atoms with E-state index in [1.807, 2.05) is 0 Å². The van der Waals surface area contributed by atoms with E-state index in [4.69, 9.17) is 5.11 Å². The molecule has 1 rings (SSSR count). The van der Waals surface area contributed by atoms with Gasteiger partial charge < -0.3 is 5.11 Å². The molecule has 20 heavy (non-hydrogen) atoms. The van der Waals surface area contributed by atoms with Crippen molar-refractivity contribution >= 4 is 27.6 Å². The van der Waals surface area contributed by atoms with Crippen LogP contribution in [0.25, 0.3) is 0 Å². The second-order valence-electron chi connectivity index (χ2n) is 3.89. The summed E-state index contributed by atoms with van der Waals surface area (Å²) < 4.78 is 59.5. The molecule has 4 nitrogen and oxygen atoms in total. The van der Waals surface area contributed by atoms with Crippen LogP contribution in [0.2, 0.25) is 0 Å². The minimum Gasteiger partial charge on any atom is -0.478 e. The lowest BCUT2D eigenvalue weighted by atomic mass is 10.1. The smallest absolute Gasteiger partial charge is 0.441 e. The van der Waals surface area contributed by atoms with Gasteiger partial charge in [-0.25, -0.2) is 13.2 Å². The van der Waals surface area contributed by atoms with E-state index in [0.29, 0.717) is 5.56 Å². The first kappa shape index (κ1) is 16.8. The van der Waals surface area contributed by atoms with Crippen molar-refractivity contribution in [2.75, 3.05) is 11.5 Å². The Balaban J connectivity index is 2.93. The number of hydrogen-bond acceptors (Lipinski definition) is 4. The van der Waals surface area contributed by atoms with Crippen LogP contribution in [0.15, 0.2) is 23.1 Å². The maximum absolute atomic E-state index is 11.9. The SMILES string of the molecule is Cc1ccc(S(=O)(=O)CCSC(F)(F)F)cc1C(=O)O. The van der Waals surface area contributed by atoms with E-state index in [1.165, 1.54) is 19.1 Å². The maximum Gasteiger partial charge on any atom is 0.441 e. The Labute approximate surface area is 117 Å². The summed E-state index contributed by atoms with van der Waals surface area (Å²) in [7, 11) is -3.94. The summed E-state index contributed by atoms with van der Waals surface area (Å²) in [5.41, 5.74) is -4.30. The lowest BCUT2D eigenvalue weighted by Gasteiger charge is -2.08. The van der Waals surface area contributed by atoms with E-state index >= 15 is 0 Å². The first-order chi connectivity index (χ1) is 9.03. The third-order valence-electron chi connectivity index (χ3n) is 2.42. The first-order valence-electron chi connectivity index (χ1n) is 5.30. The van der Waals surface area contributed by atoms with Gasteiger partial charge in [0.15, 0.2) is 9.84 Å². The predicted octanol–water partition coefficient (Wildman–Crippen LogP) is 2.72. The molecule has 0 aromatic heterocycles. The number of carboxylic acids is 1. The largest absolute Gasteiger partial charge is 0.478 e. The Morgan fingerprint density at radius 2 is 1.95 bits per heavy atom. The van der Waals surface area contributed by atoms with Gasteiger partial charge in [-0.15, -0.1) is 0 Å². The van der Waals surface area contributed by atoms with Gasteiger partial charge in [-0.2, -0.15) is 13.2 Å². The van der Waals surface area contributed by atoms with Crippen molar-refractivity contribution in [1.29, 1.82) is 0 Å². The molecule has 0 aliphatic rings. The van der Waals surface area contributed by atoms with Gasteiger partial charge >= 0.3 is 11.5 Å².